The Bertz CT molecular complexity index is 1210. The van der Waals surface area contributed by atoms with Crippen LogP contribution in [0.5, 0.6) is 5.75 Å². The van der Waals surface area contributed by atoms with Gasteiger partial charge in [0.25, 0.3) is 5.91 Å². The van der Waals surface area contributed by atoms with Gasteiger partial charge < -0.3 is 15.0 Å². The van der Waals surface area contributed by atoms with Crippen molar-refractivity contribution < 1.29 is 27.5 Å². The van der Waals surface area contributed by atoms with Gasteiger partial charge in [0.15, 0.2) is 5.65 Å². The fraction of sp³-hybridized carbons (Fsp3) is 0.350. The Morgan fingerprint density at radius 3 is 2.70 bits per heavy atom. The summed E-state index contributed by atoms with van der Waals surface area (Å²) in [7, 11) is 0. The van der Waals surface area contributed by atoms with Crippen molar-refractivity contribution in [3.63, 3.8) is 0 Å². The van der Waals surface area contributed by atoms with Crippen LogP contribution in [-0.4, -0.2) is 62.5 Å². The van der Waals surface area contributed by atoms with Crippen LogP contribution in [-0.2, 0) is 0 Å². The zero-order chi connectivity index (χ0) is 23.2. The Morgan fingerprint density at radius 1 is 1.18 bits per heavy atom. The third-order valence-electron chi connectivity index (χ3n) is 5.83. The molecule has 5 rings (SSSR count). The lowest BCUT2D eigenvalue weighted by molar-refractivity contribution is -0.274. The third kappa shape index (κ3) is 4.25. The lowest BCUT2D eigenvalue weighted by Crippen LogP contribution is -2.67. The Labute approximate surface area is 184 Å². The number of hydrogen-bond donors (Lipinski definition) is 3. The third-order valence-corrected chi connectivity index (χ3v) is 5.83. The minimum Gasteiger partial charge on any atom is -0.406 e. The fourth-order valence-corrected chi connectivity index (χ4v) is 4.48. The molecule has 4 heterocycles. The van der Waals surface area contributed by atoms with E-state index in [1.165, 1.54) is 0 Å². The minimum atomic E-state index is -4.83. The summed E-state index contributed by atoms with van der Waals surface area (Å²) < 4.78 is 40.8. The summed E-state index contributed by atoms with van der Waals surface area (Å²) in [6, 6.07) is 3.03. The first-order valence-corrected chi connectivity index (χ1v) is 10.1. The highest BCUT2D eigenvalue weighted by Gasteiger charge is 2.54. The SMILES string of the molecule is O=C(Nc1cc(OC(F)(F)F)ccn1)NC1CC2(C1)CN(C(=O)c1ccnc3[nH]ncc13)C2. The van der Waals surface area contributed by atoms with E-state index in [9.17, 15) is 22.8 Å². The van der Waals surface area contributed by atoms with Gasteiger partial charge in [0.1, 0.15) is 11.6 Å². The van der Waals surface area contributed by atoms with Crippen LogP contribution in [0.4, 0.5) is 23.8 Å². The number of likely N-dealkylation sites (tertiary alicyclic amines) is 1. The molecule has 1 aliphatic carbocycles. The van der Waals surface area contributed by atoms with Crippen molar-refractivity contribution in [2.75, 3.05) is 18.4 Å². The number of amides is 3. The van der Waals surface area contributed by atoms with E-state index < -0.39 is 18.1 Å². The van der Waals surface area contributed by atoms with Gasteiger partial charge in [-0.15, -0.1) is 13.2 Å². The second-order valence-electron chi connectivity index (χ2n) is 8.28. The number of rotatable bonds is 4. The molecule has 0 unspecified atom stereocenters. The first-order valence-electron chi connectivity index (χ1n) is 10.1. The van der Waals surface area contributed by atoms with Gasteiger partial charge >= 0.3 is 12.4 Å². The average molecular weight is 461 g/mol. The molecule has 3 N–H and O–H groups in total. The highest BCUT2D eigenvalue weighted by atomic mass is 19.4. The molecule has 0 radical (unpaired) electrons. The topological polar surface area (TPSA) is 125 Å². The van der Waals surface area contributed by atoms with E-state index in [2.05, 4.69) is 35.5 Å². The summed E-state index contributed by atoms with van der Waals surface area (Å²) in [5, 5.41) is 12.5. The number of aromatic nitrogens is 4. The smallest absolute Gasteiger partial charge is 0.406 e. The molecule has 3 aromatic rings. The van der Waals surface area contributed by atoms with E-state index in [-0.39, 0.29) is 23.2 Å². The number of urea groups is 1. The van der Waals surface area contributed by atoms with Gasteiger partial charge in [-0.25, -0.2) is 14.8 Å². The number of hydrogen-bond acceptors (Lipinski definition) is 6. The van der Waals surface area contributed by atoms with Crippen molar-refractivity contribution >= 4 is 28.8 Å². The number of pyridine rings is 2. The number of fused-ring (bicyclic) bond motifs is 1. The molecular formula is C20H18F3N7O3. The zero-order valence-corrected chi connectivity index (χ0v) is 17.0. The molecule has 1 spiro atoms. The fourth-order valence-electron chi connectivity index (χ4n) is 4.48. The Hall–Kier alpha value is -3.90. The molecule has 3 aromatic heterocycles. The van der Waals surface area contributed by atoms with E-state index >= 15 is 0 Å². The molecule has 2 fully saturated rings. The van der Waals surface area contributed by atoms with E-state index in [1.807, 2.05) is 0 Å². The van der Waals surface area contributed by atoms with E-state index in [4.69, 9.17) is 0 Å². The molecule has 1 saturated carbocycles. The van der Waals surface area contributed by atoms with E-state index in [0.29, 0.717) is 42.5 Å². The van der Waals surface area contributed by atoms with Gasteiger partial charge in [0.2, 0.25) is 0 Å². The summed E-state index contributed by atoms with van der Waals surface area (Å²) >= 11 is 0. The predicted molar refractivity (Wildman–Crippen MR) is 108 cm³/mol. The number of anilines is 1. The number of carbonyl (C=O) groups excluding carboxylic acids is 2. The maximum Gasteiger partial charge on any atom is 0.573 e. The number of aromatic amines is 1. The highest BCUT2D eigenvalue weighted by molar-refractivity contribution is 6.05. The standard InChI is InChI=1S/C20H18F3N7O3/c21-20(22,23)33-12-1-3-24-15(5-12)28-18(32)27-11-6-19(7-11)9-30(10-19)17(31)13-2-4-25-16-14(13)8-26-29-16/h1-5,8,11H,6-7,9-10H2,(H,25,26,29)(H2,24,27,28,32). The molecule has 0 atom stereocenters. The van der Waals surface area contributed by atoms with Crippen molar-refractivity contribution in [3.05, 3.63) is 42.4 Å². The van der Waals surface area contributed by atoms with Crippen LogP contribution in [0.3, 0.4) is 0 Å². The Kier molecular flexibility index (Phi) is 4.83. The molecule has 0 bridgehead atoms. The first kappa shape index (κ1) is 21.0. The van der Waals surface area contributed by atoms with Crippen LogP contribution >= 0.6 is 0 Å². The molecule has 0 aromatic carbocycles. The van der Waals surface area contributed by atoms with Crippen LogP contribution in [0.15, 0.2) is 36.8 Å². The number of halogens is 3. The van der Waals surface area contributed by atoms with Gasteiger partial charge in [-0.05, 0) is 25.0 Å². The summed E-state index contributed by atoms with van der Waals surface area (Å²) in [4.78, 5) is 34.7. The number of alkyl halides is 3. The van der Waals surface area contributed by atoms with Crippen LogP contribution < -0.4 is 15.4 Å². The summed E-state index contributed by atoms with van der Waals surface area (Å²) in [5.41, 5.74) is 1.07. The summed E-state index contributed by atoms with van der Waals surface area (Å²) in [5.74, 6) is -0.626. The van der Waals surface area contributed by atoms with Crippen LogP contribution in [0.1, 0.15) is 23.2 Å². The summed E-state index contributed by atoms with van der Waals surface area (Å²) in [6.07, 6.45) is 0.812. The quantitative estimate of drug-likeness (QED) is 0.549. The first-order chi connectivity index (χ1) is 15.7. The van der Waals surface area contributed by atoms with Crippen molar-refractivity contribution in [3.8, 4) is 5.75 Å². The molecule has 13 heteroatoms. The molecular weight excluding hydrogens is 443 g/mol. The van der Waals surface area contributed by atoms with Crippen LogP contribution in [0, 0.1) is 5.41 Å². The van der Waals surface area contributed by atoms with Crippen LogP contribution in [0.2, 0.25) is 0 Å². The number of carbonyl (C=O) groups is 2. The molecule has 3 amide bonds. The predicted octanol–water partition coefficient (Wildman–Crippen LogP) is 2.68. The van der Waals surface area contributed by atoms with Gasteiger partial charge in [-0.1, -0.05) is 0 Å². The van der Waals surface area contributed by atoms with Crippen LogP contribution in [0.25, 0.3) is 11.0 Å². The average Bonchev–Trinajstić information content (AvgIpc) is 3.16. The number of nitrogens with zero attached hydrogens (tertiary/aromatic N) is 4. The van der Waals surface area contributed by atoms with Crippen molar-refractivity contribution in [1.82, 2.24) is 30.4 Å². The normalized spacial score (nSPS) is 17.4. The maximum atomic E-state index is 12.8. The van der Waals surface area contributed by atoms with Gasteiger partial charge in [0, 0.05) is 43.0 Å². The minimum absolute atomic E-state index is 0.0329. The van der Waals surface area contributed by atoms with Gasteiger partial charge in [-0.3, -0.25) is 15.2 Å². The highest BCUT2D eigenvalue weighted by Crippen LogP contribution is 2.48. The van der Waals surface area contributed by atoms with Crippen molar-refractivity contribution in [2.24, 2.45) is 5.41 Å². The molecule has 10 nitrogen and oxygen atoms in total. The van der Waals surface area contributed by atoms with Crippen molar-refractivity contribution in [1.29, 1.82) is 0 Å². The molecule has 172 valence electrons. The Morgan fingerprint density at radius 2 is 1.94 bits per heavy atom. The zero-order valence-electron chi connectivity index (χ0n) is 17.0. The van der Waals surface area contributed by atoms with E-state index in [1.54, 1.807) is 23.4 Å². The molecule has 1 aliphatic heterocycles. The molecule has 2 aliphatic rings. The largest absolute Gasteiger partial charge is 0.573 e. The van der Waals surface area contributed by atoms with Gasteiger partial charge in [0.05, 0.1) is 17.1 Å². The molecule has 1 saturated heterocycles. The lowest BCUT2D eigenvalue weighted by atomic mass is 9.60. The maximum absolute atomic E-state index is 12.8. The second-order valence-corrected chi connectivity index (χ2v) is 8.28. The monoisotopic (exact) mass is 461 g/mol. The number of nitrogens with one attached hydrogen (secondary N) is 3. The number of H-pyrrole nitrogens is 1. The van der Waals surface area contributed by atoms with Crippen molar-refractivity contribution in [2.45, 2.75) is 25.2 Å². The molecule has 33 heavy (non-hydrogen) atoms. The lowest BCUT2D eigenvalue weighted by Gasteiger charge is -2.59. The Balaban J connectivity index is 1.10. The number of ether oxygens (including phenoxy) is 1. The second kappa shape index (κ2) is 7.60. The van der Waals surface area contributed by atoms with E-state index in [0.717, 1.165) is 18.3 Å². The van der Waals surface area contributed by atoms with Gasteiger partial charge in [-0.2, -0.15) is 5.10 Å². The summed E-state index contributed by atoms with van der Waals surface area (Å²) in [6.45, 7) is 1.18.